The maximum atomic E-state index is 6.02. The first kappa shape index (κ1) is 14.6. The zero-order valence-corrected chi connectivity index (χ0v) is 11.6. The van der Waals surface area contributed by atoms with Crippen LogP contribution in [0.2, 0.25) is 5.02 Å². The largest absolute Gasteiger partial charge is 0.496 e. The molecule has 1 aromatic carbocycles. The summed E-state index contributed by atoms with van der Waals surface area (Å²) in [6, 6.07) is 5.85. The third-order valence-corrected chi connectivity index (χ3v) is 3.39. The number of rotatable bonds is 3. The minimum Gasteiger partial charge on any atom is -0.496 e. The zero-order chi connectivity index (χ0) is 11.4. The van der Waals surface area contributed by atoms with Crippen LogP contribution in [-0.4, -0.2) is 20.2 Å². The summed E-state index contributed by atoms with van der Waals surface area (Å²) in [6.07, 6.45) is 3.62. The van der Waals surface area contributed by atoms with Crippen LogP contribution in [0, 0.1) is 5.92 Å². The molecule has 1 fully saturated rings. The first-order chi connectivity index (χ1) is 7.79. The molecule has 1 aliphatic rings. The molecule has 0 saturated carbocycles. The van der Waals surface area contributed by atoms with E-state index in [1.54, 1.807) is 7.11 Å². The summed E-state index contributed by atoms with van der Waals surface area (Å²) in [5, 5.41) is 4.22. The van der Waals surface area contributed by atoms with Gasteiger partial charge in [-0.3, -0.25) is 0 Å². The van der Waals surface area contributed by atoms with Gasteiger partial charge >= 0.3 is 0 Å². The molecule has 1 heterocycles. The summed E-state index contributed by atoms with van der Waals surface area (Å²) in [4.78, 5) is 0. The Morgan fingerprint density at radius 2 is 2.29 bits per heavy atom. The summed E-state index contributed by atoms with van der Waals surface area (Å²) < 4.78 is 5.36. The van der Waals surface area contributed by atoms with Crippen LogP contribution in [0.5, 0.6) is 5.75 Å². The molecule has 17 heavy (non-hydrogen) atoms. The highest BCUT2D eigenvalue weighted by molar-refractivity contribution is 6.30. The lowest BCUT2D eigenvalue weighted by atomic mass is 9.92. The number of halogens is 2. The van der Waals surface area contributed by atoms with Gasteiger partial charge in [0.25, 0.3) is 0 Å². The van der Waals surface area contributed by atoms with Gasteiger partial charge in [-0.25, -0.2) is 0 Å². The average molecular weight is 276 g/mol. The molecule has 1 aromatic rings. The molecule has 0 aromatic heterocycles. The number of hydrogen-bond donors (Lipinski definition) is 1. The van der Waals surface area contributed by atoms with E-state index >= 15 is 0 Å². The fraction of sp³-hybridized carbons (Fsp3) is 0.538. The lowest BCUT2D eigenvalue weighted by molar-refractivity contribution is 0.364. The summed E-state index contributed by atoms with van der Waals surface area (Å²) in [5.74, 6) is 1.66. The third-order valence-electron chi connectivity index (χ3n) is 3.15. The van der Waals surface area contributed by atoms with Gasteiger partial charge in [-0.05, 0) is 62.0 Å². The van der Waals surface area contributed by atoms with Crippen LogP contribution in [-0.2, 0) is 6.42 Å². The zero-order valence-electron chi connectivity index (χ0n) is 10.0. The normalized spacial score (nSPS) is 19.5. The van der Waals surface area contributed by atoms with Crippen molar-refractivity contribution in [3.05, 3.63) is 28.8 Å². The highest BCUT2D eigenvalue weighted by Gasteiger charge is 2.15. The number of ether oxygens (including phenoxy) is 1. The molecule has 1 saturated heterocycles. The van der Waals surface area contributed by atoms with Gasteiger partial charge in [0.1, 0.15) is 5.75 Å². The van der Waals surface area contributed by atoms with Crippen molar-refractivity contribution in [3.8, 4) is 5.75 Å². The molecule has 1 aliphatic heterocycles. The van der Waals surface area contributed by atoms with E-state index in [1.165, 1.54) is 18.4 Å². The summed E-state index contributed by atoms with van der Waals surface area (Å²) in [7, 11) is 1.71. The summed E-state index contributed by atoms with van der Waals surface area (Å²) >= 11 is 6.02. The molecule has 0 spiro atoms. The van der Waals surface area contributed by atoms with Crippen molar-refractivity contribution >= 4 is 24.0 Å². The molecule has 1 N–H and O–H groups in total. The lowest BCUT2D eigenvalue weighted by Gasteiger charge is -2.23. The topological polar surface area (TPSA) is 21.3 Å². The van der Waals surface area contributed by atoms with E-state index in [0.29, 0.717) is 5.92 Å². The van der Waals surface area contributed by atoms with Crippen molar-refractivity contribution in [2.24, 2.45) is 5.92 Å². The molecular weight excluding hydrogens is 257 g/mol. The van der Waals surface area contributed by atoms with Crippen molar-refractivity contribution in [3.63, 3.8) is 0 Å². The molecule has 1 atom stereocenters. The van der Waals surface area contributed by atoms with Crippen LogP contribution < -0.4 is 10.1 Å². The van der Waals surface area contributed by atoms with Crippen molar-refractivity contribution in [1.29, 1.82) is 0 Å². The Hall–Kier alpha value is -0.440. The first-order valence-electron chi connectivity index (χ1n) is 5.82. The van der Waals surface area contributed by atoms with Crippen LogP contribution in [0.4, 0.5) is 0 Å². The van der Waals surface area contributed by atoms with Gasteiger partial charge in [0.05, 0.1) is 7.11 Å². The van der Waals surface area contributed by atoms with Gasteiger partial charge in [0.15, 0.2) is 0 Å². The first-order valence-corrected chi connectivity index (χ1v) is 6.20. The fourth-order valence-corrected chi connectivity index (χ4v) is 2.51. The smallest absolute Gasteiger partial charge is 0.122 e. The highest BCUT2D eigenvalue weighted by Crippen LogP contribution is 2.26. The van der Waals surface area contributed by atoms with Gasteiger partial charge in [-0.15, -0.1) is 12.4 Å². The van der Waals surface area contributed by atoms with E-state index < -0.39 is 0 Å². The summed E-state index contributed by atoms with van der Waals surface area (Å²) in [6.45, 7) is 2.26. The standard InChI is InChI=1S/C13H18ClNO.ClH/c1-16-13-5-4-12(14)8-11(13)7-10-3-2-6-15-9-10;/h4-5,8,10,15H,2-3,6-7,9H2,1H3;1H. The second-order valence-corrected chi connectivity index (χ2v) is 4.81. The van der Waals surface area contributed by atoms with Crippen molar-refractivity contribution in [2.45, 2.75) is 19.3 Å². The Balaban J connectivity index is 0.00000144. The number of benzene rings is 1. The maximum Gasteiger partial charge on any atom is 0.122 e. The second-order valence-electron chi connectivity index (χ2n) is 4.37. The monoisotopic (exact) mass is 275 g/mol. The Morgan fingerprint density at radius 1 is 1.47 bits per heavy atom. The van der Waals surface area contributed by atoms with E-state index in [1.807, 2.05) is 18.2 Å². The minimum absolute atomic E-state index is 0. The highest BCUT2D eigenvalue weighted by atomic mass is 35.5. The maximum absolute atomic E-state index is 6.02. The molecule has 2 nitrogen and oxygen atoms in total. The van der Waals surface area contributed by atoms with Crippen LogP contribution in [0.15, 0.2) is 18.2 Å². The summed E-state index contributed by atoms with van der Waals surface area (Å²) in [5.41, 5.74) is 1.23. The Labute approximate surface area is 114 Å². The van der Waals surface area contributed by atoms with E-state index in [2.05, 4.69) is 5.32 Å². The molecule has 0 amide bonds. The van der Waals surface area contributed by atoms with Crippen LogP contribution in [0.1, 0.15) is 18.4 Å². The number of nitrogens with one attached hydrogen (secondary N) is 1. The van der Waals surface area contributed by atoms with Gasteiger partial charge in [-0.1, -0.05) is 11.6 Å². The SMILES string of the molecule is COc1ccc(Cl)cc1CC1CCCNC1.Cl. The quantitative estimate of drug-likeness (QED) is 0.914. The Bertz CT molecular complexity index is 351. The molecule has 0 bridgehead atoms. The average Bonchev–Trinajstić information content (AvgIpc) is 2.31. The molecule has 1 unspecified atom stereocenters. The van der Waals surface area contributed by atoms with E-state index in [4.69, 9.17) is 16.3 Å². The van der Waals surface area contributed by atoms with Gasteiger partial charge in [-0.2, -0.15) is 0 Å². The molecular formula is C13H19Cl2NO. The predicted molar refractivity (Wildman–Crippen MR) is 74.5 cm³/mol. The van der Waals surface area contributed by atoms with Crippen molar-refractivity contribution in [2.75, 3.05) is 20.2 Å². The molecule has 4 heteroatoms. The van der Waals surface area contributed by atoms with E-state index in [0.717, 1.165) is 30.3 Å². The van der Waals surface area contributed by atoms with E-state index in [-0.39, 0.29) is 12.4 Å². The molecule has 0 aliphatic carbocycles. The molecule has 96 valence electrons. The van der Waals surface area contributed by atoms with Crippen molar-refractivity contribution < 1.29 is 4.74 Å². The predicted octanol–water partition coefficient (Wildman–Crippen LogP) is 3.31. The van der Waals surface area contributed by atoms with Crippen LogP contribution in [0.25, 0.3) is 0 Å². The fourth-order valence-electron chi connectivity index (χ4n) is 2.32. The lowest BCUT2D eigenvalue weighted by Crippen LogP contribution is -2.30. The van der Waals surface area contributed by atoms with Gasteiger partial charge in [0, 0.05) is 5.02 Å². The Kier molecular flexibility index (Phi) is 6.10. The van der Waals surface area contributed by atoms with Gasteiger partial charge < -0.3 is 10.1 Å². The van der Waals surface area contributed by atoms with E-state index in [9.17, 15) is 0 Å². The number of hydrogen-bond acceptors (Lipinski definition) is 2. The van der Waals surface area contributed by atoms with Crippen molar-refractivity contribution in [1.82, 2.24) is 5.32 Å². The number of piperidine rings is 1. The number of methoxy groups -OCH3 is 1. The van der Waals surface area contributed by atoms with Crippen LogP contribution >= 0.6 is 24.0 Å². The minimum atomic E-state index is 0. The Morgan fingerprint density at radius 3 is 2.94 bits per heavy atom. The van der Waals surface area contributed by atoms with Gasteiger partial charge in [0.2, 0.25) is 0 Å². The second kappa shape index (κ2) is 7.10. The third kappa shape index (κ3) is 4.06. The van der Waals surface area contributed by atoms with Crippen LogP contribution in [0.3, 0.4) is 0 Å². The molecule has 0 radical (unpaired) electrons. The molecule has 2 rings (SSSR count).